The highest BCUT2D eigenvalue weighted by Crippen LogP contribution is 2.32. The van der Waals surface area contributed by atoms with Gasteiger partial charge in [-0.15, -0.1) is 0 Å². The first-order valence-electron chi connectivity index (χ1n) is 4.32. The normalized spacial score (nSPS) is 27.0. The van der Waals surface area contributed by atoms with Crippen LogP contribution in [0.4, 0.5) is 8.78 Å². The zero-order valence-electron chi connectivity index (χ0n) is 7.40. The number of rotatable bonds is 1. The summed E-state index contributed by atoms with van der Waals surface area (Å²) in [5, 5.41) is 3.10. The Morgan fingerprint density at radius 3 is 2.62 bits per heavy atom. The lowest BCUT2D eigenvalue weighted by Crippen LogP contribution is -2.52. The molecule has 0 saturated carbocycles. The molecule has 70 valence electrons. The van der Waals surface area contributed by atoms with Crippen molar-refractivity contribution in [2.24, 2.45) is 0 Å². The quantitative estimate of drug-likeness (QED) is 0.703. The Labute approximate surface area is 75.8 Å². The fraction of sp³-hybridized carbons (Fsp3) is 0.400. The minimum atomic E-state index is -0.383. The van der Waals surface area contributed by atoms with E-state index in [0.29, 0.717) is 5.56 Å². The van der Waals surface area contributed by atoms with Gasteiger partial charge < -0.3 is 5.32 Å². The van der Waals surface area contributed by atoms with Gasteiger partial charge in [0, 0.05) is 11.1 Å². The molecule has 0 amide bonds. The Morgan fingerprint density at radius 2 is 2.08 bits per heavy atom. The average Bonchev–Trinajstić information content (AvgIpc) is 2.05. The molecule has 1 nitrogen and oxygen atoms in total. The number of benzene rings is 1. The van der Waals surface area contributed by atoms with E-state index in [1.165, 1.54) is 12.1 Å². The molecule has 0 aromatic heterocycles. The molecule has 1 fully saturated rings. The van der Waals surface area contributed by atoms with Crippen LogP contribution in [0.25, 0.3) is 0 Å². The van der Waals surface area contributed by atoms with Crippen molar-refractivity contribution in [3.05, 3.63) is 35.4 Å². The topological polar surface area (TPSA) is 12.0 Å². The van der Waals surface area contributed by atoms with Gasteiger partial charge in [-0.1, -0.05) is 0 Å². The molecule has 1 saturated heterocycles. The fourth-order valence-corrected chi connectivity index (χ4v) is 1.65. The highest BCUT2D eigenvalue weighted by Gasteiger charge is 2.35. The SMILES string of the molecule is CC1(c2cc(F)ccc2F)CCN1. The maximum atomic E-state index is 13.3. The van der Waals surface area contributed by atoms with Crippen molar-refractivity contribution >= 4 is 0 Å². The number of hydrogen-bond donors (Lipinski definition) is 1. The first-order chi connectivity index (χ1) is 6.12. The van der Waals surface area contributed by atoms with E-state index in [2.05, 4.69) is 5.32 Å². The van der Waals surface area contributed by atoms with Crippen molar-refractivity contribution in [2.75, 3.05) is 6.54 Å². The summed E-state index contributed by atoms with van der Waals surface area (Å²) in [5.74, 6) is -0.720. The Kier molecular flexibility index (Phi) is 1.84. The van der Waals surface area contributed by atoms with Gasteiger partial charge in [0.2, 0.25) is 0 Å². The standard InChI is InChI=1S/C10H11F2N/c1-10(4-5-13-10)8-6-7(11)2-3-9(8)12/h2-3,6,13H,4-5H2,1H3. The van der Waals surface area contributed by atoms with Crippen LogP contribution in [0.5, 0.6) is 0 Å². The first-order valence-corrected chi connectivity index (χ1v) is 4.32. The van der Waals surface area contributed by atoms with Crippen LogP contribution < -0.4 is 5.32 Å². The molecule has 1 aliphatic rings. The van der Waals surface area contributed by atoms with Crippen LogP contribution in [0, 0.1) is 11.6 Å². The fourth-order valence-electron chi connectivity index (χ4n) is 1.65. The predicted octanol–water partition coefficient (Wildman–Crippen LogP) is 2.17. The molecule has 0 radical (unpaired) electrons. The van der Waals surface area contributed by atoms with Gasteiger partial charge in [-0.2, -0.15) is 0 Å². The summed E-state index contributed by atoms with van der Waals surface area (Å²) in [7, 11) is 0. The Balaban J connectivity index is 2.43. The van der Waals surface area contributed by atoms with Crippen LogP contribution in [0.15, 0.2) is 18.2 Å². The van der Waals surface area contributed by atoms with Crippen molar-refractivity contribution in [3.63, 3.8) is 0 Å². The third-order valence-corrected chi connectivity index (χ3v) is 2.66. The summed E-state index contributed by atoms with van der Waals surface area (Å²) in [6.07, 6.45) is 0.855. The highest BCUT2D eigenvalue weighted by molar-refractivity contribution is 5.28. The van der Waals surface area contributed by atoms with Crippen molar-refractivity contribution in [2.45, 2.75) is 18.9 Å². The molecular weight excluding hydrogens is 172 g/mol. The minimum Gasteiger partial charge on any atom is -0.307 e. The van der Waals surface area contributed by atoms with Gasteiger partial charge in [-0.25, -0.2) is 8.78 Å². The molecule has 1 heterocycles. The predicted molar refractivity (Wildman–Crippen MR) is 46.3 cm³/mol. The van der Waals surface area contributed by atoms with E-state index in [9.17, 15) is 8.78 Å². The summed E-state index contributed by atoms with van der Waals surface area (Å²) < 4.78 is 26.1. The second-order valence-electron chi connectivity index (χ2n) is 3.63. The molecule has 1 atom stereocenters. The van der Waals surface area contributed by atoms with Crippen LogP contribution >= 0.6 is 0 Å². The molecule has 0 bridgehead atoms. The van der Waals surface area contributed by atoms with Gasteiger partial charge in [0.1, 0.15) is 11.6 Å². The lowest BCUT2D eigenvalue weighted by molar-refractivity contribution is 0.228. The van der Waals surface area contributed by atoms with Gasteiger partial charge in [0.05, 0.1) is 0 Å². The lowest BCUT2D eigenvalue weighted by atomic mass is 9.82. The van der Waals surface area contributed by atoms with Gasteiger partial charge in [0.15, 0.2) is 0 Å². The Morgan fingerprint density at radius 1 is 1.38 bits per heavy atom. The molecular formula is C10H11F2N. The zero-order chi connectivity index (χ0) is 9.47. The highest BCUT2D eigenvalue weighted by atomic mass is 19.1. The van der Waals surface area contributed by atoms with E-state index < -0.39 is 0 Å². The number of halogens is 2. The average molecular weight is 183 g/mol. The molecule has 0 aliphatic carbocycles. The third-order valence-electron chi connectivity index (χ3n) is 2.66. The lowest BCUT2D eigenvalue weighted by Gasteiger charge is -2.40. The Hall–Kier alpha value is -0.960. The van der Waals surface area contributed by atoms with E-state index in [1.54, 1.807) is 0 Å². The zero-order valence-corrected chi connectivity index (χ0v) is 7.40. The molecule has 1 aromatic rings. The molecule has 13 heavy (non-hydrogen) atoms. The summed E-state index contributed by atoms with van der Waals surface area (Å²) in [6.45, 7) is 2.75. The second-order valence-corrected chi connectivity index (χ2v) is 3.63. The van der Waals surface area contributed by atoms with Gasteiger partial charge in [-0.3, -0.25) is 0 Å². The number of hydrogen-bond acceptors (Lipinski definition) is 1. The minimum absolute atomic E-state index is 0.337. The summed E-state index contributed by atoms with van der Waals surface area (Å²) in [6, 6.07) is 3.58. The Bertz CT molecular complexity index is 332. The molecule has 1 unspecified atom stereocenters. The van der Waals surface area contributed by atoms with E-state index in [-0.39, 0.29) is 17.2 Å². The maximum absolute atomic E-state index is 13.3. The monoisotopic (exact) mass is 183 g/mol. The van der Waals surface area contributed by atoms with E-state index >= 15 is 0 Å². The van der Waals surface area contributed by atoms with Crippen molar-refractivity contribution in [3.8, 4) is 0 Å². The maximum Gasteiger partial charge on any atom is 0.128 e. The van der Waals surface area contributed by atoms with Gasteiger partial charge in [-0.05, 0) is 38.1 Å². The molecule has 0 spiro atoms. The third kappa shape index (κ3) is 1.33. The van der Waals surface area contributed by atoms with Crippen LogP contribution in [0.1, 0.15) is 18.9 Å². The molecule has 2 rings (SSSR count). The smallest absolute Gasteiger partial charge is 0.128 e. The van der Waals surface area contributed by atoms with Crippen LogP contribution in [0.3, 0.4) is 0 Å². The number of nitrogens with one attached hydrogen (secondary N) is 1. The molecule has 1 N–H and O–H groups in total. The van der Waals surface area contributed by atoms with Crippen LogP contribution in [-0.2, 0) is 5.54 Å². The summed E-state index contributed by atoms with van der Waals surface area (Å²) >= 11 is 0. The van der Waals surface area contributed by atoms with Crippen molar-refractivity contribution < 1.29 is 8.78 Å². The van der Waals surface area contributed by atoms with E-state index in [0.717, 1.165) is 19.0 Å². The first kappa shape index (κ1) is 8.63. The molecule has 1 aliphatic heterocycles. The van der Waals surface area contributed by atoms with Gasteiger partial charge in [0.25, 0.3) is 0 Å². The van der Waals surface area contributed by atoms with Gasteiger partial charge >= 0.3 is 0 Å². The van der Waals surface area contributed by atoms with Crippen LogP contribution in [0.2, 0.25) is 0 Å². The van der Waals surface area contributed by atoms with Crippen molar-refractivity contribution in [1.29, 1.82) is 0 Å². The second kappa shape index (κ2) is 2.77. The summed E-state index contributed by atoms with van der Waals surface area (Å²) in [5.41, 5.74) is 0.0605. The molecule has 3 heteroatoms. The van der Waals surface area contributed by atoms with Crippen molar-refractivity contribution in [1.82, 2.24) is 5.32 Å². The van der Waals surface area contributed by atoms with Crippen LogP contribution in [-0.4, -0.2) is 6.54 Å². The summed E-state index contributed by atoms with van der Waals surface area (Å²) in [4.78, 5) is 0. The molecule has 1 aromatic carbocycles. The van der Waals surface area contributed by atoms with E-state index in [4.69, 9.17) is 0 Å². The largest absolute Gasteiger partial charge is 0.307 e. The van der Waals surface area contributed by atoms with E-state index in [1.807, 2.05) is 6.92 Å².